The van der Waals surface area contributed by atoms with Crippen LogP contribution in [0, 0.1) is 6.92 Å². The zero-order valence-electron chi connectivity index (χ0n) is 17.5. The molecule has 2 aromatic rings. The molecule has 0 aliphatic rings. The molecule has 6 nitrogen and oxygen atoms in total. The predicted molar refractivity (Wildman–Crippen MR) is 118 cm³/mol. The minimum Gasteiger partial charge on any atom is -0.495 e. The highest BCUT2D eigenvalue weighted by molar-refractivity contribution is 6.31. The lowest BCUT2D eigenvalue weighted by Crippen LogP contribution is -2.31. The van der Waals surface area contributed by atoms with Gasteiger partial charge in [0.1, 0.15) is 11.5 Å². The van der Waals surface area contributed by atoms with Crippen LogP contribution in [0.5, 0.6) is 11.5 Å². The first-order chi connectivity index (χ1) is 14.1. The van der Waals surface area contributed by atoms with Crippen LogP contribution >= 0.6 is 23.2 Å². The van der Waals surface area contributed by atoms with E-state index >= 15 is 0 Å². The van der Waals surface area contributed by atoms with Crippen LogP contribution in [0.25, 0.3) is 0 Å². The van der Waals surface area contributed by atoms with Gasteiger partial charge in [0.25, 0.3) is 5.91 Å². The first-order valence-electron chi connectivity index (χ1n) is 9.39. The number of hydrogen-bond acceptors (Lipinski definition) is 5. The number of esters is 1. The maximum Gasteiger partial charge on any atom is 0.344 e. The minimum absolute atomic E-state index is 0.159. The number of anilines is 1. The van der Waals surface area contributed by atoms with Crippen molar-refractivity contribution in [2.75, 3.05) is 19.0 Å². The van der Waals surface area contributed by atoms with Crippen molar-refractivity contribution in [3.63, 3.8) is 0 Å². The third-order valence-electron chi connectivity index (χ3n) is 4.36. The fraction of sp³-hybridized carbons (Fsp3) is 0.364. The summed E-state index contributed by atoms with van der Waals surface area (Å²) in [6, 6.07) is 8.43. The van der Waals surface area contributed by atoms with Crippen LogP contribution in [0.4, 0.5) is 5.69 Å². The molecule has 162 valence electrons. The van der Waals surface area contributed by atoms with Crippen molar-refractivity contribution < 1.29 is 23.8 Å². The van der Waals surface area contributed by atoms with Gasteiger partial charge in [-0.3, -0.25) is 4.79 Å². The van der Waals surface area contributed by atoms with Gasteiger partial charge in [-0.05, 0) is 61.2 Å². The Hall–Kier alpha value is -2.44. The molecule has 2 aromatic carbocycles. The molecular formula is C22H25Cl2NO5. The van der Waals surface area contributed by atoms with Gasteiger partial charge in [0.05, 0.1) is 12.8 Å². The number of carbonyl (C=O) groups excluding carboxylic acids is 2. The van der Waals surface area contributed by atoms with Crippen molar-refractivity contribution in [2.24, 2.45) is 0 Å². The molecule has 0 fully saturated rings. The van der Waals surface area contributed by atoms with E-state index in [2.05, 4.69) is 5.32 Å². The molecule has 1 atom stereocenters. The largest absolute Gasteiger partial charge is 0.495 e. The third-order valence-corrected chi connectivity index (χ3v) is 5.00. The summed E-state index contributed by atoms with van der Waals surface area (Å²) in [5, 5.41) is 3.71. The van der Waals surface area contributed by atoms with Crippen LogP contribution in [0.15, 0.2) is 30.3 Å². The summed E-state index contributed by atoms with van der Waals surface area (Å²) in [4.78, 5) is 24.6. The standard InChI is InChI=1S/C22H25Cl2NO5/c1-12(2)16-10-17(24)13(3)8-20(16)29-11-21(26)30-14(4)22(27)25-18-9-15(23)6-7-19(18)28-5/h6-10,12,14H,11H2,1-5H3,(H,25,27). The van der Waals surface area contributed by atoms with E-state index in [1.54, 1.807) is 24.3 Å². The van der Waals surface area contributed by atoms with Crippen LogP contribution < -0.4 is 14.8 Å². The minimum atomic E-state index is -1.04. The van der Waals surface area contributed by atoms with Crippen LogP contribution in [0.3, 0.4) is 0 Å². The lowest BCUT2D eigenvalue weighted by molar-refractivity contribution is -0.155. The smallest absolute Gasteiger partial charge is 0.344 e. The van der Waals surface area contributed by atoms with Crippen molar-refractivity contribution in [1.29, 1.82) is 0 Å². The summed E-state index contributed by atoms with van der Waals surface area (Å²) in [5.74, 6) is -0.0304. The van der Waals surface area contributed by atoms with Crippen molar-refractivity contribution >= 4 is 40.8 Å². The zero-order chi connectivity index (χ0) is 22.4. The molecule has 0 bridgehead atoms. The third kappa shape index (κ3) is 6.28. The zero-order valence-corrected chi connectivity index (χ0v) is 19.1. The quantitative estimate of drug-likeness (QED) is 0.542. The van der Waals surface area contributed by atoms with Gasteiger partial charge in [0.2, 0.25) is 0 Å². The van der Waals surface area contributed by atoms with Gasteiger partial charge in [-0.15, -0.1) is 0 Å². The Bertz CT molecular complexity index is 930. The van der Waals surface area contributed by atoms with Crippen LogP contribution in [-0.4, -0.2) is 31.7 Å². The number of nitrogens with one attached hydrogen (secondary N) is 1. The highest BCUT2D eigenvalue weighted by Gasteiger charge is 2.20. The molecule has 0 aliphatic heterocycles. The fourth-order valence-corrected chi connectivity index (χ4v) is 3.02. The summed E-state index contributed by atoms with van der Waals surface area (Å²) < 4.78 is 16.0. The molecule has 0 saturated heterocycles. The van der Waals surface area contributed by atoms with Crippen molar-refractivity contribution in [3.05, 3.63) is 51.5 Å². The second-order valence-electron chi connectivity index (χ2n) is 7.05. The number of ether oxygens (including phenoxy) is 3. The van der Waals surface area contributed by atoms with Crippen LogP contribution in [0.2, 0.25) is 10.0 Å². The molecular weight excluding hydrogens is 429 g/mol. The molecule has 0 spiro atoms. The van der Waals surface area contributed by atoms with Gasteiger partial charge in [-0.2, -0.15) is 0 Å². The SMILES string of the molecule is COc1ccc(Cl)cc1NC(=O)C(C)OC(=O)COc1cc(C)c(Cl)cc1C(C)C. The van der Waals surface area contributed by atoms with Gasteiger partial charge in [0, 0.05) is 10.0 Å². The number of aryl methyl sites for hydroxylation is 1. The van der Waals surface area contributed by atoms with Crippen LogP contribution in [-0.2, 0) is 14.3 Å². The Morgan fingerprint density at radius 3 is 2.40 bits per heavy atom. The number of carbonyl (C=O) groups is 2. The van der Waals surface area contributed by atoms with Crippen molar-refractivity contribution in [2.45, 2.75) is 39.7 Å². The Labute approximate surface area is 186 Å². The molecule has 1 unspecified atom stereocenters. The summed E-state index contributed by atoms with van der Waals surface area (Å²) in [7, 11) is 1.48. The van der Waals surface area contributed by atoms with Crippen molar-refractivity contribution in [1.82, 2.24) is 0 Å². The van der Waals surface area contributed by atoms with Gasteiger partial charge in [-0.25, -0.2) is 4.79 Å². The first kappa shape index (κ1) is 23.8. The summed E-state index contributed by atoms with van der Waals surface area (Å²) >= 11 is 12.1. The van der Waals surface area contributed by atoms with Crippen LogP contribution in [0.1, 0.15) is 37.8 Å². The Morgan fingerprint density at radius 1 is 1.07 bits per heavy atom. The number of methoxy groups -OCH3 is 1. The molecule has 0 aromatic heterocycles. The number of rotatable bonds is 8. The van der Waals surface area contributed by atoms with E-state index in [1.807, 2.05) is 26.8 Å². The number of benzene rings is 2. The normalized spacial score (nSPS) is 11.7. The summed E-state index contributed by atoms with van der Waals surface area (Å²) in [5.41, 5.74) is 2.11. The average Bonchev–Trinajstić information content (AvgIpc) is 2.68. The molecule has 30 heavy (non-hydrogen) atoms. The monoisotopic (exact) mass is 453 g/mol. The highest BCUT2D eigenvalue weighted by Crippen LogP contribution is 2.32. The van der Waals surface area contributed by atoms with Gasteiger partial charge in [-0.1, -0.05) is 37.0 Å². The van der Waals surface area contributed by atoms with Gasteiger partial charge >= 0.3 is 5.97 Å². The predicted octanol–water partition coefficient (Wildman–Crippen LogP) is 5.38. The second kappa shape index (κ2) is 10.5. The second-order valence-corrected chi connectivity index (χ2v) is 7.89. The maximum absolute atomic E-state index is 12.4. The molecule has 2 rings (SSSR count). The lowest BCUT2D eigenvalue weighted by Gasteiger charge is -2.17. The molecule has 0 heterocycles. The maximum atomic E-state index is 12.4. The Balaban J connectivity index is 1.98. The number of halogens is 2. The molecule has 8 heteroatoms. The first-order valence-corrected chi connectivity index (χ1v) is 10.1. The highest BCUT2D eigenvalue weighted by atomic mass is 35.5. The lowest BCUT2D eigenvalue weighted by atomic mass is 10.0. The fourth-order valence-electron chi connectivity index (χ4n) is 2.68. The number of amides is 1. The molecule has 0 radical (unpaired) electrons. The average molecular weight is 454 g/mol. The van der Waals surface area contributed by atoms with E-state index in [4.69, 9.17) is 37.4 Å². The molecule has 0 saturated carbocycles. The Kier molecular flexibility index (Phi) is 8.38. The van der Waals surface area contributed by atoms with E-state index in [0.29, 0.717) is 27.2 Å². The molecule has 0 aliphatic carbocycles. The van der Waals surface area contributed by atoms with E-state index in [1.165, 1.54) is 14.0 Å². The summed E-state index contributed by atoms with van der Waals surface area (Å²) in [6.07, 6.45) is -1.04. The summed E-state index contributed by atoms with van der Waals surface area (Å²) in [6.45, 7) is 6.99. The van der Waals surface area contributed by atoms with E-state index in [9.17, 15) is 9.59 Å². The molecule has 1 amide bonds. The molecule has 1 N–H and O–H groups in total. The van der Waals surface area contributed by atoms with Crippen molar-refractivity contribution in [3.8, 4) is 11.5 Å². The topological polar surface area (TPSA) is 73.9 Å². The van der Waals surface area contributed by atoms with E-state index < -0.39 is 18.0 Å². The number of hydrogen-bond donors (Lipinski definition) is 1. The Morgan fingerprint density at radius 2 is 1.77 bits per heavy atom. The van der Waals surface area contributed by atoms with E-state index in [-0.39, 0.29) is 12.5 Å². The van der Waals surface area contributed by atoms with E-state index in [0.717, 1.165) is 11.1 Å². The van der Waals surface area contributed by atoms with Gasteiger partial charge in [0.15, 0.2) is 12.7 Å². The van der Waals surface area contributed by atoms with Gasteiger partial charge < -0.3 is 19.5 Å².